The lowest BCUT2D eigenvalue weighted by Crippen LogP contribution is -2.15. The Morgan fingerprint density at radius 1 is 1.17 bits per heavy atom. The smallest absolute Gasteiger partial charge is 0.234 e. The van der Waals surface area contributed by atoms with Crippen LogP contribution in [0.5, 0.6) is 5.75 Å². The van der Waals surface area contributed by atoms with Crippen LogP contribution in [0.1, 0.15) is 5.82 Å². The number of ether oxygens (including phenoxy) is 1. The summed E-state index contributed by atoms with van der Waals surface area (Å²) in [5, 5.41) is 12.5. The van der Waals surface area contributed by atoms with Crippen LogP contribution in [-0.4, -0.2) is 26.4 Å². The normalized spacial score (nSPS) is 10.6. The fourth-order valence-corrected chi connectivity index (χ4v) is 4.15. The molecule has 1 amide bonds. The third kappa shape index (κ3) is 5.92. The fraction of sp³-hybridized carbons (Fsp3) is 0.150. The summed E-state index contributed by atoms with van der Waals surface area (Å²) in [5.41, 5.74) is 0.317. The van der Waals surface area contributed by atoms with Gasteiger partial charge in [0.2, 0.25) is 5.91 Å². The zero-order valence-electron chi connectivity index (χ0n) is 15.6. The van der Waals surface area contributed by atoms with E-state index in [1.165, 1.54) is 23.9 Å². The second kappa shape index (κ2) is 10.7. The molecule has 0 atom stereocenters. The van der Waals surface area contributed by atoms with Crippen LogP contribution in [-0.2, 0) is 17.9 Å². The molecular formula is C20H17Cl3N4O2S. The number of amides is 1. The molecule has 6 nitrogen and oxygen atoms in total. The molecule has 0 radical (unpaired) electrons. The molecule has 30 heavy (non-hydrogen) atoms. The van der Waals surface area contributed by atoms with Gasteiger partial charge in [-0.25, -0.2) is 0 Å². The highest BCUT2D eigenvalue weighted by molar-refractivity contribution is 7.99. The van der Waals surface area contributed by atoms with E-state index in [1.807, 2.05) is 34.9 Å². The molecule has 0 saturated heterocycles. The molecule has 10 heteroatoms. The highest BCUT2D eigenvalue weighted by Crippen LogP contribution is 2.33. The molecule has 1 N–H and O–H groups in total. The highest BCUT2D eigenvalue weighted by atomic mass is 35.5. The van der Waals surface area contributed by atoms with Crippen molar-refractivity contribution in [1.82, 2.24) is 14.8 Å². The van der Waals surface area contributed by atoms with Crippen molar-refractivity contribution < 1.29 is 9.53 Å². The lowest BCUT2D eigenvalue weighted by atomic mass is 10.3. The monoisotopic (exact) mass is 482 g/mol. The summed E-state index contributed by atoms with van der Waals surface area (Å²) >= 11 is 19.3. The second-order valence-corrected chi connectivity index (χ2v) is 8.17. The molecule has 3 aromatic rings. The maximum absolute atomic E-state index is 12.4. The number of hydrogen-bond acceptors (Lipinski definition) is 5. The van der Waals surface area contributed by atoms with E-state index < -0.39 is 0 Å². The Hall–Kier alpha value is -2.19. The van der Waals surface area contributed by atoms with Gasteiger partial charge >= 0.3 is 0 Å². The third-order valence-electron chi connectivity index (χ3n) is 3.82. The minimum Gasteiger partial charge on any atom is -0.486 e. The standard InChI is InChI=1S/C20H17Cl3N4O2S/c1-2-8-27-17(11-29-14-6-4-3-5-7-14)25-26-20(27)30-12-18(28)24-19-15(22)9-13(21)10-16(19)23/h2-7,9-10H,1,8,11-12H2,(H,24,28). The van der Waals surface area contributed by atoms with E-state index in [1.54, 1.807) is 6.08 Å². The van der Waals surface area contributed by atoms with Crippen LogP contribution in [0.4, 0.5) is 5.69 Å². The topological polar surface area (TPSA) is 69.0 Å². The van der Waals surface area contributed by atoms with Crippen molar-refractivity contribution in [3.8, 4) is 5.75 Å². The maximum atomic E-state index is 12.4. The molecule has 0 saturated carbocycles. The van der Waals surface area contributed by atoms with Gasteiger partial charge in [0.15, 0.2) is 11.0 Å². The van der Waals surface area contributed by atoms with Crippen molar-refractivity contribution in [3.63, 3.8) is 0 Å². The number of thioether (sulfide) groups is 1. The molecule has 0 spiro atoms. The van der Waals surface area contributed by atoms with Gasteiger partial charge in [-0.15, -0.1) is 16.8 Å². The first-order valence-corrected chi connectivity index (χ1v) is 10.9. The Bertz CT molecular complexity index is 1020. The Balaban J connectivity index is 1.64. The van der Waals surface area contributed by atoms with Crippen molar-refractivity contribution in [2.45, 2.75) is 18.3 Å². The highest BCUT2D eigenvalue weighted by Gasteiger charge is 2.16. The molecule has 0 unspecified atom stereocenters. The van der Waals surface area contributed by atoms with Gasteiger partial charge in [-0.05, 0) is 24.3 Å². The van der Waals surface area contributed by atoms with Crippen molar-refractivity contribution in [1.29, 1.82) is 0 Å². The van der Waals surface area contributed by atoms with Crippen LogP contribution < -0.4 is 10.1 Å². The van der Waals surface area contributed by atoms with Crippen molar-refractivity contribution in [3.05, 3.63) is 76.0 Å². The molecule has 3 rings (SSSR count). The van der Waals surface area contributed by atoms with Crippen molar-refractivity contribution in [2.24, 2.45) is 0 Å². The Labute approximate surface area is 193 Å². The number of para-hydroxylation sites is 1. The van der Waals surface area contributed by atoms with Gasteiger partial charge in [0.1, 0.15) is 12.4 Å². The van der Waals surface area contributed by atoms with E-state index in [9.17, 15) is 4.79 Å². The van der Waals surface area contributed by atoms with Crippen molar-refractivity contribution in [2.75, 3.05) is 11.1 Å². The van der Waals surface area contributed by atoms with E-state index in [4.69, 9.17) is 39.5 Å². The summed E-state index contributed by atoms with van der Waals surface area (Å²) in [7, 11) is 0. The number of nitrogens with one attached hydrogen (secondary N) is 1. The Morgan fingerprint density at radius 2 is 1.87 bits per heavy atom. The molecule has 156 valence electrons. The summed E-state index contributed by atoms with van der Waals surface area (Å²) in [6, 6.07) is 12.4. The van der Waals surface area contributed by atoms with Crippen LogP contribution in [0.3, 0.4) is 0 Å². The van der Waals surface area contributed by atoms with E-state index in [2.05, 4.69) is 22.1 Å². The van der Waals surface area contributed by atoms with Gasteiger partial charge < -0.3 is 10.1 Å². The van der Waals surface area contributed by atoms with Gasteiger partial charge in [0.25, 0.3) is 0 Å². The number of rotatable bonds is 9. The number of carbonyl (C=O) groups is 1. The molecule has 1 heterocycles. The van der Waals surface area contributed by atoms with E-state index in [-0.39, 0.29) is 28.3 Å². The molecular weight excluding hydrogens is 467 g/mol. The van der Waals surface area contributed by atoms with E-state index >= 15 is 0 Å². The first kappa shape index (κ1) is 22.5. The summed E-state index contributed by atoms with van der Waals surface area (Å²) < 4.78 is 7.59. The summed E-state index contributed by atoms with van der Waals surface area (Å²) in [4.78, 5) is 12.4. The minimum absolute atomic E-state index is 0.0874. The van der Waals surface area contributed by atoms with Crippen molar-refractivity contribution >= 4 is 58.2 Å². The quantitative estimate of drug-likeness (QED) is 0.311. The van der Waals surface area contributed by atoms with Gasteiger partial charge in [-0.1, -0.05) is 70.8 Å². The Morgan fingerprint density at radius 3 is 2.53 bits per heavy atom. The van der Waals surface area contributed by atoms with E-state index in [0.29, 0.717) is 28.2 Å². The second-order valence-electron chi connectivity index (χ2n) is 5.98. The Kier molecular flexibility index (Phi) is 8.04. The zero-order valence-corrected chi connectivity index (χ0v) is 18.7. The van der Waals surface area contributed by atoms with Gasteiger partial charge in [0, 0.05) is 11.6 Å². The zero-order chi connectivity index (χ0) is 21.5. The van der Waals surface area contributed by atoms with Crippen LogP contribution in [0.15, 0.2) is 60.3 Å². The third-order valence-corrected chi connectivity index (χ3v) is 5.60. The van der Waals surface area contributed by atoms with Gasteiger partial charge in [-0.2, -0.15) is 0 Å². The average molecular weight is 484 g/mol. The molecule has 0 aliphatic rings. The molecule has 0 fully saturated rings. The van der Waals surface area contributed by atoms with E-state index in [0.717, 1.165) is 5.75 Å². The van der Waals surface area contributed by atoms with Crippen LogP contribution >= 0.6 is 46.6 Å². The number of halogens is 3. The first-order valence-electron chi connectivity index (χ1n) is 8.76. The SMILES string of the molecule is C=CCn1c(COc2ccccc2)nnc1SCC(=O)Nc1c(Cl)cc(Cl)cc1Cl. The first-order chi connectivity index (χ1) is 14.5. The molecule has 0 aliphatic carbocycles. The lowest BCUT2D eigenvalue weighted by molar-refractivity contribution is -0.113. The fourth-order valence-electron chi connectivity index (χ4n) is 2.48. The predicted molar refractivity (Wildman–Crippen MR) is 122 cm³/mol. The number of allylic oxidation sites excluding steroid dienone is 1. The molecule has 0 bridgehead atoms. The summed E-state index contributed by atoms with van der Waals surface area (Å²) in [5.74, 6) is 1.16. The maximum Gasteiger partial charge on any atom is 0.234 e. The number of carbonyl (C=O) groups excluding carboxylic acids is 1. The van der Waals surface area contributed by atoms with Crippen LogP contribution in [0, 0.1) is 0 Å². The lowest BCUT2D eigenvalue weighted by Gasteiger charge is -2.11. The number of benzene rings is 2. The average Bonchev–Trinajstić information content (AvgIpc) is 3.10. The minimum atomic E-state index is -0.290. The largest absolute Gasteiger partial charge is 0.486 e. The number of nitrogens with zero attached hydrogens (tertiary/aromatic N) is 3. The number of aromatic nitrogens is 3. The van der Waals surface area contributed by atoms with Crippen LogP contribution in [0.2, 0.25) is 15.1 Å². The molecule has 0 aliphatic heterocycles. The molecule has 2 aromatic carbocycles. The summed E-state index contributed by atoms with van der Waals surface area (Å²) in [6.07, 6.45) is 1.73. The number of hydrogen-bond donors (Lipinski definition) is 1. The predicted octanol–water partition coefficient (Wildman–Crippen LogP) is 5.73. The van der Waals surface area contributed by atoms with Gasteiger partial charge in [0.05, 0.1) is 21.5 Å². The molecule has 1 aromatic heterocycles. The van der Waals surface area contributed by atoms with Crippen LogP contribution in [0.25, 0.3) is 0 Å². The summed E-state index contributed by atoms with van der Waals surface area (Å²) in [6.45, 7) is 4.50. The number of anilines is 1. The van der Waals surface area contributed by atoms with Gasteiger partial charge in [-0.3, -0.25) is 9.36 Å².